The molecule has 0 aliphatic rings. The van der Waals surface area contributed by atoms with Crippen LogP contribution < -0.4 is 5.32 Å². The van der Waals surface area contributed by atoms with Crippen LogP contribution in [0.25, 0.3) is 0 Å². The van der Waals surface area contributed by atoms with Crippen molar-refractivity contribution in [1.29, 1.82) is 0 Å². The van der Waals surface area contributed by atoms with E-state index in [-0.39, 0.29) is 18.6 Å². The number of alkyl carbamates (subject to hydrolysis) is 1. The third kappa shape index (κ3) is 6.00. The fourth-order valence-electron chi connectivity index (χ4n) is 2.79. The van der Waals surface area contributed by atoms with Gasteiger partial charge in [0.1, 0.15) is 12.6 Å². The van der Waals surface area contributed by atoms with Crippen molar-refractivity contribution in [1.82, 2.24) is 5.32 Å². The third-order valence-corrected chi connectivity index (χ3v) is 4.19. The number of nitrogens with one attached hydrogen (secondary N) is 1. The molecule has 0 spiro atoms. The molecule has 0 radical (unpaired) electrons. The van der Waals surface area contributed by atoms with Gasteiger partial charge in [0.2, 0.25) is 0 Å². The van der Waals surface area contributed by atoms with Crippen molar-refractivity contribution < 1.29 is 32.6 Å². The molecular formula is C20H20F3NO4. The predicted molar refractivity (Wildman–Crippen MR) is 95.7 cm³/mol. The molecule has 8 heteroatoms. The minimum Gasteiger partial charge on any atom is -0.480 e. The van der Waals surface area contributed by atoms with Gasteiger partial charge in [-0.1, -0.05) is 55.5 Å². The highest BCUT2D eigenvalue weighted by atomic mass is 19.4. The first kappa shape index (κ1) is 21.3. The van der Waals surface area contributed by atoms with Gasteiger partial charge in [0.05, 0.1) is 5.56 Å². The van der Waals surface area contributed by atoms with Crippen LogP contribution in [-0.2, 0) is 22.3 Å². The van der Waals surface area contributed by atoms with E-state index in [4.69, 9.17) is 4.74 Å². The average molecular weight is 395 g/mol. The number of hydrogen-bond donors (Lipinski definition) is 2. The predicted octanol–water partition coefficient (Wildman–Crippen LogP) is 4.58. The summed E-state index contributed by atoms with van der Waals surface area (Å²) in [7, 11) is 0. The number of benzene rings is 2. The van der Waals surface area contributed by atoms with Crippen LogP contribution in [0.15, 0.2) is 54.6 Å². The van der Waals surface area contributed by atoms with Crippen LogP contribution >= 0.6 is 0 Å². The van der Waals surface area contributed by atoms with E-state index in [9.17, 15) is 27.9 Å². The number of amides is 1. The first-order valence-electron chi connectivity index (χ1n) is 8.54. The molecule has 2 N–H and O–H groups in total. The zero-order valence-corrected chi connectivity index (χ0v) is 15.1. The standard InChI is InChI=1S/C20H20F3NO4/c1-13(15-9-5-6-10-16(15)20(21,22)23)11-17(18(25)26)24-19(27)28-12-14-7-3-2-4-8-14/h2-10,13,17H,11-12H2,1H3,(H,24,27)(H,25,26)/t13-,17+/m1/s1. The number of hydrogen-bond acceptors (Lipinski definition) is 3. The van der Waals surface area contributed by atoms with Gasteiger partial charge in [-0.15, -0.1) is 0 Å². The first-order valence-corrected chi connectivity index (χ1v) is 8.54. The average Bonchev–Trinajstić information content (AvgIpc) is 2.66. The molecule has 2 rings (SSSR count). The molecule has 1 amide bonds. The lowest BCUT2D eigenvalue weighted by molar-refractivity contribution is -0.139. The summed E-state index contributed by atoms with van der Waals surface area (Å²) in [6.45, 7) is 1.43. The minimum atomic E-state index is -4.55. The Bertz CT molecular complexity index is 809. The van der Waals surface area contributed by atoms with Crippen molar-refractivity contribution >= 4 is 12.1 Å². The fourth-order valence-corrected chi connectivity index (χ4v) is 2.79. The largest absolute Gasteiger partial charge is 0.480 e. The summed E-state index contributed by atoms with van der Waals surface area (Å²) >= 11 is 0. The van der Waals surface area contributed by atoms with Crippen LogP contribution in [0.1, 0.15) is 36.0 Å². The van der Waals surface area contributed by atoms with Gasteiger partial charge in [-0.05, 0) is 29.5 Å². The van der Waals surface area contributed by atoms with E-state index in [0.29, 0.717) is 0 Å². The van der Waals surface area contributed by atoms with E-state index in [2.05, 4.69) is 5.32 Å². The first-order chi connectivity index (χ1) is 13.2. The number of carbonyl (C=O) groups excluding carboxylic acids is 1. The Morgan fingerprint density at radius 2 is 1.68 bits per heavy atom. The lowest BCUT2D eigenvalue weighted by atomic mass is 9.90. The second-order valence-corrected chi connectivity index (χ2v) is 6.32. The Balaban J connectivity index is 2.03. The van der Waals surface area contributed by atoms with Gasteiger partial charge >= 0.3 is 18.2 Å². The second-order valence-electron chi connectivity index (χ2n) is 6.32. The quantitative estimate of drug-likeness (QED) is 0.720. The van der Waals surface area contributed by atoms with Gasteiger partial charge in [0, 0.05) is 0 Å². The van der Waals surface area contributed by atoms with Gasteiger partial charge in [-0.3, -0.25) is 0 Å². The van der Waals surface area contributed by atoms with E-state index < -0.39 is 35.8 Å². The van der Waals surface area contributed by atoms with E-state index in [1.807, 2.05) is 0 Å². The van der Waals surface area contributed by atoms with Crippen LogP contribution in [0.3, 0.4) is 0 Å². The SMILES string of the molecule is C[C@H](C[C@H](NC(=O)OCc1ccccc1)C(=O)O)c1ccccc1C(F)(F)F. The molecule has 0 aliphatic heterocycles. The molecule has 0 unspecified atom stereocenters. The van der Waals surface area contributed by atoms with Gasteiger partial charge in [0.25, 0.3) is 0 Å². The lowest BCUT2D eigenvalue weighted by Gasteiger charge is -2.22. The number of carboxylic acid groups (broad SMARTS) is 1. The van der Waals surface area contributed by atoms with Gasteiger partial charge in [-0.2, -0.15) is 13.2 Å². The summed E-state index contributed by atoms with van der Waals surface area (Å²) in [5.74, 6) is -2.11. The van der Waals surface area contributed by atoms with Crippen LogP contribution in [-0.4, -0.2) is 23.2 Å². The molecule has 0 bridgehead atoms. The van der Waals surface area contributed by atoms with Crippen LogP contribution in [0.4, 0.5) is 18.0 Å². The van der Waals surface area contributed by atoms with E-state index in [1.54, 1.807) is 30.3 Å². The Labute approximate surface area is 160 Å². The van der Waals surface area contributed by atoms with Crippen molar-refractivity contribution in [2.75, 3.05) is 0 Å². The van der Waals surface area contributed by atoms with Gasteiger partial charge < -0.3 is 15.2 Å². The van der Waals surface area contributed by atoms with Crippen molar-refractivity contribution in [3.05, 3.63) is 71.3 Å². The zero-order chi connectivity index (χ0) is 20.7. The molecule has 2 aromatic rings. The molecular weight excluding hydrogens is 375 g/mol. The van der Waals surface area contributed by atoms with E-state index in [0.717, 1.165) is 11.6 Å². The summed E-state index contributed by atoms with van der Waals surface area (Å²) in [5, 5.41) is 11.5. The highest BCUT2D eigenvalue weighted by Gasteiger charge is 2.35. The van der Waals surface area contributed by atoms with Gasteiger partial charge in [-0.25, -0.2) is 9.59 Å². The molecule has 0 heterocycles. The number of carboxylic acids is 1. The monoisotopic (exact) mass is 395 g/mol. The van der Waals surface area contributed by atoms with Crippen LogP contribution in [0.2, 0.25) is 0 Å². The van der Waals surface area contributed by atoms with E-state index in [1.165, 1.54) is 25.1 Å². The van der Waals surface area contributed by atoms with Crippen molar-refractivity contribution in [2.45, 2.75) is 38.1 Å². The topological polar surface area (TPSA) is 75.6 Å². The van der Waals surface area contributed by atoms with Crippen molar-refractivity contribution in [3.8, 4) is 0 Å². The zero-order valence-electron chi connectivity index (χ0n) is 15.1. The Morgan fingerprint density at radius 3 is 2.29 bits per heavy atom. The van der Waals surface area contributed by atoms with Crippen molar-refractivity contribution in [2.24, 2.45) is 0 Å². The Kier molecular flexibility index (Phi) is 7.03. The highest BCUT2D eigenvalue weighted by Crippen LogP contribution is 2.36. The molecule has 0 fully saturated rings. The molecule has 28 heavy (non-hydrogen) atoms. The molecule has 0 aromatic heterocycles. The summed E-state index contributed by atoms with van der Waals surface area (Å²) in [6.07, 6.45) is -5.72. The number of rotatable bonds is 7. The maximum absolute atomic E-state index is 13.2. The van der Waals surface area contributed by atoms with E-state index >= 15 is 0 Å². The van der Waals surface area contributed by atoms with Crippen LogP contribution in [0.5, 0.6) is 0 Å². The summed E-state index contributed by atoms with van der Waals surface area (Å²) in [4.78, 5) is 23.4. The normalized spacial score (nSPS) is 13.4. The maximum Gasteiger partial charge on any atom is 0.416 e. The number of ether oxygens (including phenoxy) is 1. The highest BCUT2D eigenvalue weighted by molar-refractivity contribution is 5.80. The Hall–Kier alpha value is -3.03. The van der Waals surface area contributed by atoms with Gasteiger partial charge in [0.15, 0.2) is 0 Å². The number of carbonyl (C=O) groups is 2. The van der Waals surface area contributed by atoms with Crippen molar-refractivity contribution in [3.63, 3.8) is 0 Å². The lowest BCUT2D eigenvalue weighted by Crippen LogP contribution is -2.41. The second kappa shape index (κ2) is 9.25. The fraction of sp³-hybridized carbons (Fsp3) is 0.300. The molecule has 5 nitrogen and oxygen atoms in total. The molecule has 150 valence electrons. The summed E-state index contributed by atoms with van der Waals surface area (Å²) in [5.41, 5.74) is -0.129. The number of alkyl halides is 3. The molecule has 0 saturated heterocycles. The number of aliphatic carboxylic acids is 1. The third-order valence-electron chi connectivity index (χ3n) is 4.19. The summed E-state index contributed by atoms with van der Waals surface area (Å²) < 4.78 is 44.5. The summed E-state index contributed by atoms with van der Waals surface area (Å²) in [6, 6.07) is 12.4. The van der Waals surface area contributed by atoms with Crippen LogP contribution in [0, 0.1) is 0 Å². The minimum absolute atomic E-state index is 0.0271. The number of halogens is 3. The maximum atomic E-state index is 13.2. The Morgan fingerprint density at radius 1 is 1.07 bits per heavy atom. The molecule has 2 aromatic carbocycles. The molecule has 0 aliphatic carbocycles. The molecule has 2 atom stereocenters. The smallest absolute Gasteiger partial charge is 0.416 e. The molecule has 0 saturated carbocycles.